The number of nitrogens with zero attached hydrogens (tertiary/aromatic N) is 3. The van der Waals surface area contributed by atoms with Crippen LogP contribution >= 0.6 is 0 Å². The number of hydrogen-bond acceptors (Lipinski definition) is 3. The Balaban J connectivity index is 0.000000148. The van der Waals surface area contributed by atoms with E-state index in [1.54, 1.807) is 0 Å². The first kappa shape index (κ1) is 34.9. The summed E-state index contributed by atoms with van der Waals surface area (Å²) in [5, 5.41) is 13.7. The molecule has 1 fully saturated rings. The van der Waals surface area contributed by atoms with E-state index in [-0.39, 0.29) is 20.1 Å². The zero-order valence-corrected chi connectivity index (χ0v) is 32.6. The van der Waals surface area contributed by atoms with E-state index in [2.05, 4.69) is 125 Å². The monoisotopic (exact) mass is 888 g/mol. The fourth-order valence-electron chi connectivity index (χ4n) is 8.15. The molecule has 0 N–H and O–H groups in total. The summed E-state index contributed by atoms with van der Waals surface area (Å²) < 4.78 is 8.36. The molecule has 0 unspecified atom stereocenters. The van der Waals surface area contributed by atoms with Gasteiger partial charge >= 0.3 is 0 Å². The Bertz CT molecular complexity index is 2920. The van der Waals surface area contributed by atoms with Gasteiger partial charge in [-0.05, 0) is 73.6 Å². The molecule has 0 bridgehead atoms. The number of aromatic nitrogens is 3. The minimum Gasteiger partial charge on any atom is -0.476 e. The number of furan rings is 1. The van der Waals surface area contributed by atoms with E-state index in [9.17, 15) is 0 Å². The number of benzene rings is 7. The third-order valence-corrected chi connectivity index (χ3v) is 11.0. The third-order valence-electron chi connectivity index (χ3n) is 11.0. The molecule has 7 aromatic carbocycles. The molecule has 55 heavy (non-hydrogen) atoms. The fourth-order valence-corrected chi connectivity index (χ4v) is 8.15. The second kappa shape index (κ2) is 15.1. The number of para-hydroxylation sites is 1. The summed E-state index contributed by atoms with van der Waals surface area (Å²) in [5.41, 5.74) is 8.47. The standard InChI is InChI=1S/C29H16NO.C21H21N2.Ir/c1-2-7-22-17-30-26(15-20(22)6-1)21-12-13-24-25-14-11-19-10-9-18-5-3-4-8-23(18)28(19)29(25)31-27(24)16-21;1-3-7-17(8-4-1)18-11-13-19(14-12-18)20-15-22-23(16-20)21-9-5-2-6-10-21;/h1-11,13-17H;2,5-6,9,11-17H,1,3-4,7-8H2;/q2*-1;. The maximum absolute atomic E-state index is 6.48. The molecule has 11 rings (SSSR count). The molecular formula is C50H37IrN3O-2. The van der Waals surface area contributed by atoms with Gasteiger partial charge in [-0.1, -0.05) is 134 Å². The van der Waals surface area contributed by atoms with Crippen LogP contribution in [0.2, 0.25) is 0 Å². The summed E-state index contributed by atoms with van der Waals surface area (Å²) in [6.07, 6.45) is 12.8. The van der Waals surface area contributed by atoms with Crippen LogP contribution in [0.15, 0.2) is 163 Å². The van der Waals surface area contributed by atoms with E-state index < -0.39 is 0 Å². The van der Waals surface area contributed by atoms with Crippen LogP contribution in [0.5, 0.6) is 0 Å². The topological polar surface area (TPSA) is 43.9 Å². The van der Waals surface area contributed by atoms with Crippen molar-refractivity contribution < 1.29 is 24.5 Å². The maximum Gasteiger partial charge on any atom is 0.132 e. The summed E-state index contributed by atoms with van der Waals surface area (Å²) in [5.74, 6) is 0.763. The van der Waals surface area contributed by atoms with Gasteiger partial charge in [-0.15, -0.1) is 23.8 Å². The van der Waals surface area contributed by atoms with Crippen LogP contribution in [0, 0.1) is 12.1 Å². The van der Waals surface area contributed by atoms with Crippen molar-refractivity contribution in [2.45, 2.75) is 38.0 Å². The van der Waals surface area contributed by atoms with E-state index >= 15 is 0 Å². The molecule has 0 atom stereocenters. The van der Waals surface area contributed by atoms with Crippen LogP contribution in [0.1, 0.15) is 43.6 Å². The molecule has 0 saturated heterocycles. The van der Waals surface area contributed by atoms with Crippen molar-refractivity contribution in [3.8, 4) is 28.1 Å². The Hall–Kier alpha value is -5.87. The summed E-state index contributed by atoms with van der Waals surface area (Å²) in [4.78, 5) is 4.66. The van der Waals surface area contributed by atoms with Crippen molar-refractivity contribution in [3.63, 3.8) is 0 Å². The number of rotatable bonds is 4. The van der Waals surface area contributed by atoms with Gasteiger partial charge in [0.1, 0.15) is 5.58 Å². The Morgan fingerprint density at radius 1 is 0.618 bits per heavy atom. The molecule has 3 aromatic heterocycles. The minimum absolute atomic E-state index is 0. The third kappa shape index (κ3) is 6.76. The van der Waals surface area contributed by atoms with Crippen molar-refractivity contribution in [2.24, 2.45) is 0 Å². The Morgan fingerprint density at radius 3 is 2.22 bits per heavy atom. The van der Waals surface area contributed by atoms with Crippen LogP contribution in [-0.2, 0) is 20.1 Å². The smallest absolute Gasteiger partial charge is 0.132 e. The molecule has 10 aromatic rings. The maximum atomic E-state index is 6.48. The predicted molar refractivity (Wildman–Crippen MR) is 222 cm³/mol. The van der Waals surface area contributed by atoms with E-state index in [0.29, 0.717) is 0 Å². The SMILES string of the molecule is [Ir].[c-]1cc2c(cc1-c1cc3ccccc3cn1)oc1c2ccc2ccc3ccccc3c21.[c-]1ccccc1-n1cc(-c2ccc(C3CCCCC3)cc2)cn1. The van der Waals surface area contributed by atoms with Crippen LogP contribution < -0.4 is 0 Å². The van der Waals surface area contributed by atoms with Gasteiger partial charge in [0.25, 0.3) is 0 Å². The summed E-state index contributed by atoms with van der Waals surface area (Å²) in [7, 11) is 0. The molecule has 1 aliphatic rings. The number of fused-ring (bicyclic) bond motifs is 8. The van der Waals surface area contributed by atoms with Crippen LogP contribution in [0.3, 0.4) is 0 Å². The molecule has 0 aliphatic heterocycles. The van der Waals surface area contributed by atoms with Crippen molar-refractivity contribution in [1.82, 2.24) is 14.8 Å². The Kier molecular flexibility index (Phi) is 9.58. The molecule has 4 nitrogen and oxygen atoms in total. The van der Waals surface area contributed by atoms with E-state index in [1.165, 1.54) is 64.8 Å². The molecule has 5 heteroatoms. The molecule has 0 amide bonds. The zero-order chi connectivity index (χ0) is 35.8. The number of hydrogen-bond donors (Lipinski definition) is 0. The van der Waals surface area contributed by atoms with Gasteiger partial charge in [0, 0.05) is 43.4 Å². The van der Waals surface area contributed by atoms with Crippen LogP contribution in [-0.4, -0.2) is 14.8 Å². The first-order chi connectivity index (χ1) is 26.7. The molecule has 0 spiro atoms. The molecule has 3 heterocycles. The largest absolute Gasteiger partial charge is 0.476 e. The second-order valence-corrected chi connectivity index (χ2v) is 14.3. The Labute approximate surface area is 333 Å². The average Bonchev–Trinajstić information content (AvgIpc) is 3.90. The van der Waals surface area contributed by atoms with Crippen LogP contribution in [0.4, 0.5) is 0 Å². The van der Waals surface area contributed by atoms with Gasteiger partial charge in [0.2, 0.25) is 0 Å². The predicted octanol–water partition coefficient (Wildman–Crippen LogP) is 13.3. The van der Waals surface area contributed by atoms with E-state index in [0.717, 1.165) is 61.1 Å². The normalized spacial score (nSPS) is 13.2. The van der Waals surface area contributed by atoms with Gasteiger partial charge in [0.05, 0.1) is 11.8 Å². The van der Waals surface area contributed by atoms with E-state index in [4.69, 9.17) is 4.42 Å². The van der Waals surface area contributed by atoms with Gasteiger partial charge in [0.15, 0.2) is 0 Å². The van der Waals surface area contributed by atoms with Crippen LogP contribution in [0.25, 0.3) is 82.3 Å². The molecule has 1 radical (unpaired) electrons. The van der Waals surface area contributed by atoms with Crippen molar-refractivity contribution in [3.05, 3.63) is 176 Å². The molecule has 1 aliphatic carbocycles. The minimum atomic E-state index is 0. The summed E-state index contributed by atoms with van der Waals surface area (Å²) >= 11 is 0. The van der Waals surface area contributed by atoms with E-state index in [1.807, 2.05) is 59.5 Å². The van der Waals surface area contributed by atoms with Gasteiger partial charge in [-0.2, -0.15) is 29.4 Å². The quantitative estimate of drug-likeness (QED) is 0.131. The summed E-state index contributed by atoms with van der Waals surface area (Å²) in [6, 6.07) is 55.2. The average molecular weight is 888 g/mol. The van der Waals surface area contributed by atoms with Gasteiger partial charge in [-0.3, -0.25) is 4.68 Å². The van der Waals surface area contributed by atoms with Crippen molar-refractivity contribution in [2.75, 3.05) is 0 Å². The molecule has 269 valence electrons. The zero-order valence-electron chi connectivity index (χ0n) is 30.2. The Morgan fingerprint density at radius 2 is 1.38 bits per heavy atom. The molecule has 1 saturated carbocycles. The van der Waals surface area contributed by atoms with Gasteiger partial charge in [-0.25, -0.2) is 0 Å². The van der Waals surface area contributed by atoms with Crippen molar-refractivity contribution in [1.29, 1.82) is 0 Å². The van der Waals surface area contributed by atoms with Gasteiger partial charge < -0.3 is 9.40 Å². The first-order valence-corrected chi connectivity index (χ1v) is 18.9. The number of pyridine rings is 1. The summed E-state index contributed by atoms with van der Waals surface area (Å²) in [6.45, 7) is 0. The molecular weight excluding hydrogens is 851 g/mol. The van der Waals surface area contributed by atoms with Crippen molar-refractivity contribution >= 4 is 54.3 Å². The fraction of sp³-hybridized carbons (Fsp3) is 0.120. The second-order valence-electron chi connectivity index (χ2n) is 14.3. The first-order valence-electron chi connectivity index (χ1n) is 18.9.